The summed E-state index contributed by atoms with van der Waals surface area (Å²) in [5.41, 5.74) is 7.08. The van der Waals surface area contributed by atoms with Crippen LogP contribution in [-0.4, -0.2) is 20.1 Å². The van der Waals surface area contributed by atoms with Gasteiger partial charge in [0.2, 0.25) is 5.91 Å². The summed E-state index contributed by atoms with van der Waals surface area (Å²) in [6.45, 7) is 0. The van der Waals surface area contributed by atoms with Crippen LogP contribution in [0.3, 0.4) is 0 Å². The van der Waals surface area contributed by atoms with E-state index in [0.717, 1.165) is 68.3 Å². The van der Waals surface area contributed by atoms with Gasteiger partial charge in [-0.25, -0.2) is 0 Å². The zero-order valence-electron chi connectivity index (χ0n) is 21.7. The SMILES string of the molecule is COc1ccc(C2(C(C(N)=O)(C3CCCCC3)C3CCCCC3)Nc3cc(Cl)c(Cl)cc3N2)c(OC)c1. The average molecular weight is 547 g/mol. The van der Waals surface area contributed by atoms with Gasteiger partial charge in [0, 0.05) is 11.6 Å². The Morgan fingerprint density at radius 1 is 0.865 bits per heavy atom. The van der Waals surface area contributed by atoms with Gasteiger partial charge in [-0.1, -0.05) is 61.7 Å². The van der Waals surface area contributed by atoms with E-state index in [1.165, 1.54) is 12.8 Å². The zero-order chi connectivity index (χ0) is 26.2. The van der Waals surface area contributed by atoms with Crippen LogP contribution >= 0.6 is 23.2 Å². The van der Waals surface area contributed by atoms with Gasteiger partial charge in [0.15, 0.2) is 5.66 Å². The number of halogens is 2. The van der Waals surface area contributed by atoms with Crippen molar-refractivity contribution in [2.45, 2.75) is 69.9 Å². The Morgan fingerprint density at radius 3 is 1.81 bits per heavy atom. The molecule has 8 heteroatoms. The van der Waals surface area contributed by atoms with Crippen LogP contribution in [0.2, 0.25) is 10.0 Å². The molecule has 200 valence electrons. The lowest BCUT2D eigenvalue weighted by Gasteiger charge is -2.57. The van der Waals surface area contributed by atoms with Crippen molar-refractivity contribution in [3.63, 3.8) is 0 Å². The summed E-state index contributed by atoms with van der Waals surface area (Å²) in [6.07, 6.45) is 10.6. The third kappa shape index (κ3) is 4.21. The molecular weight excluding hydrogens is 509 g/mol. The Morgan fingerprint density at radius 2 is 1.38 bits per heavy atom. The van der Waals surface area contributed by atoms with E-state index in [9.17, 15) is 4.79 Å². The predicted octanol–water partition coefficient (Wildman–Crippen LogP) is 7.33. The monoisotopic (exact) mass is 545 g/mol. The van der Waals surface area contributed by atoms with Gasteiger partial charge in [0.1, 0.15) is 16.9 Å². The quantitative estimate of drug-likeness (QED) is 0.339. The highest BCUT2D eigenvalue weighted by Gasteiger charge is 2.66. The molecule has 0 bridgehead atoms. The predicted molar refractivity (Wildman–Crippen MR) is 150 cm³/mol. The Hall–Kier alpha value is -2.31. The van der Waals surface area contributed by atoms with E-state index >= 15 is 0 Å². The number of amides is 1. The molecule has 1 aliphatic heterocycles. The van der Waals surface area contributed by atoms with Gasteiger partial charge >= 0.3 is 0 Å². The molecule has 2 fully saturated rings. The van der Waals surface area contributed by atoms with Crippen LogP contribution in [0.1, 0.15) is 69.8 Å². The fourth-order valence-corrected chi connectivity index (χ4v) is 7.84. The van der Waals surface area contributed by atoms with Crippen molar-refractivity contribution in [1.29, 1.82) is 0 Å². The van der Waals surface area contributed by atoms with Crippen LogP contribution in [0.4, 0.5) is 11.4 Å². The van der Waals surface area contributed by atoms with Gasteiger partial charge in [-0.2, -0.15) is 0 Å². The molecule has 37 heavy (non-hydrogen) atoms. The van der Waals surface area contributed by atoms with Crippen LogP contribution in [-0.2, 0) is 10.5 Å². The molecule has 0 saturated heterocycles. The molecule has 2 aromatic rings. The lowest BCUT2D eigenvalue weighted by molar-refractivity contribution is -0.144. The van der Waals surface area contributed by atoms with Crippen LogP contribution < -0.4 is 25.8 Å². The lowest BCUT2D eigenvalue weighted by Crippen LogP contribution is -2.67. The number of hydrogen-bond acceptors (Lipinski definition) is 5. The number of fused-ring (bicyclic) bond motifs is 1. The van der Waals surface area contributed by atoms with Gasteiger partial charge < -0.3 is 25.8 Å². The lowest BCUT2D eigenvalue weighted by atomic mass is 9.51. The molecule has 1 heterocycles. The second-order valence-corrected chi connectivity index (χ2v) is 11.6. The Kier molecular flexibility index (Phi) is 7.43. The van der Waals surface area contributed by atoms with Crippen molar-refractivity contribution in [3.05, 3.63) is 45.9 Å². The maximum atomic E-state index is 14.2. The van der Waals surface area contributed by atoms with E-state index in [0.29, 0.717) is 21.5 Å². The molecular formula is C29H37Cl2N3O3. The molecule has 2 saturated carbocycles. The molecule has 6 nitrogen and oxygen atoms in total. The Bertz CT molecular complexity index is 1110. The van der Waals surface area contributed by atoms with E-state index < -0.39 is 11.1 Å². The van der Waals surface area contributed by atoms with E-state index in [4.69, 9.17) is 38.4 Å². The number of carbonyl (C=O) groups excluding carboxylic acids is 1. The first kappa shape index (κ1) is 26.3. The molecule has 5 rings (SSSR count). The first-order valence-corrected chi connectivity index (χ1v) is 14.2. The topological polar surface area (TPSA) is 85.6 Å². The van der Waals surface area contributed by atoms with Gasteiger partial charge in [-0.15, -0.1) is 0 Å². The number of nitrogens with two attached hydrogens (primary N) is 1. The smallest absolute Gasteiger partial charge is 0.228 e. The zero-order valence-corrected chi connectivity index (χ0v) is 23.2. The maximum absolute atomic E-state index is 14.2. The van der Waals surface area contributed by atoms with Crippen molar-refractivity contribution in [2.24, 2.45) is 23.0 Å². The number of carbonyl (C=O) groups is 1. The van der Waals surface area contributed by atoms with Gasteiger partial charge in [0.05, 0.1) is 35.6 Å². The molecule has 4 N–H and O–H groups in total. The van der Waals surface area contributed by atoms with Crippen molar-refractivity contribution in [2.75, 3.05) is 24.9 Å². The van der Waals surface area contributed by atoms with Crippen LogP contribution in [0.25, 0.3) is 0 Å². The maximum Gasteiger partial charge on any atom is 0.228 e. The molecule has 2 aromatic carbocycles. The minimum absolute atomic E-state index is 0.105. The van der Waals surface area contributed by atoms with Crippen LogP contribution in [0.15, 0.2) is 30.3 Å². The number of primary amides is 1. The van der Waals surface area contributed by atoms with Crippen molar-refractivity contribution in [3.8, 4) is 11.5 Å². The first-order chi connectivity index (χ1) is 17.9. The Labute approximate surface area is 229 Å². The van der Waals surface area contributed by atoms with Gasteiger partial charge in [0.25, 0.3) is 0 Å². The summed E-state index contributed by atoms with van der Waals surface area (Å²) in [4.78, 5) is 14.2. The third-order valence-corrected chi connectivity index (χ3v) is 9.77. The first-order valence-electron chi connectivity index (χ1n) is 13.4. The van der Waals surface area contributed by atoms with E-state index in [-0.39, 0.29) is 17.7 Å². The average Bonchev–Trinajstić information content (AvgIpc) is 3.28. The minimum Gasteiger partial charge on any atom is -0.497 e. The molecule has 0 radical (unpaired) electrons. The number of anilines is 2. The summed E-state index contributed by atoms with van der Waals surface area (Å²) in [5.74, 6) is 1.25. The summed E-state index contributed by atoms with van der Waals surface area (Å²) in [6, 6.07) is 9.45. The second-order valence-electron chi connectivity index (χ2n) is 10.8. The molecule has 0 aromatic heterocycles. The van der Waals surface area contributed by atoms with Gasteiger partial charge in [-0.05, 0) is 61.8 Å². The number of methoxy groups -OCH3 is 2. The highest BCUT2D eigenvalue weighted by Crippen LogP contribution is 2.63. The molecule has 0 spiro atoms. The van der Waals surface area contributed by atoms with Crippen molar-refractivity contribution < 1.29 is 14.3 Å². The number of rotatable bonds is 7. The van der Waals surface area contributed by atoms with Crippen LogP contribution in [0.5, 0.6) is 11.5 Å². The number of nitrogens with one attached hydrogen (secondary N) is 2. The summed E-state index contributed by atoms with van der Waals surface area (Å²) in [5, 5.41) is 8.47. The highest BCUT2D eigenvalue weighted by atomic mass is 35.5. The highest BCUT2D eigenvalue weighted by molar-refractivity contribution is 6.42. The number of hydrogen-bond donors (Lipinski definition) is 3. The third-order valence-electron chi connectivity index (χ3n) is 9.04. The van der Waals surface area contributed by atoms with Gasteiger partial charge in [-0.3, -0.25) is 4.79 Å². The molecule has 0 atom stereocenters. The van der Waals surface area contributed by atoms with E-state index in [1.807, 2.05) is 30.3 Å². The summed E-state index contributed by atoms with van der Waals surface area (Å²) in [7, 11) is 3.28. The second kappa shape index (κ2) is 10.5. The van der Waals surface area contributed by atoms with Crippen molar-refractivity contribution in [1.82, 2.24) is 0 Å². The van der Waals surface area contributed by atoms with E-state index in [1.54, 1.807) is 14.2 Å². The van der Waals surface area contributed by atoms with Crippen LogP contribution in [0, 0.1) is 17.3 Å². The molecule has 0 unspecified atom stereocenters. The van der Waals surface area contributed by atoms with Crippen molar-refractivity contribution >= 4 is 40.5 Å². The van der Waals surface area contributed by atoms with E-state index in [2.05, 4.69) is 10.6 Å². The summed E-state index contributed by atoms with van der Waals surface area (Å²) >= 11 is 12.9. The Balaban J connectivity index is 1.82. The fraction of sp³-hybridized carbons (Fsp3) is 0.552. The standard InChI is InChI=1S/C29H37Cl2N3O3/c1-36-20-13-14-21(26(15-20)37-2)29(33-24-16-22(30)23(31)17-25(24)34-29)28(27(32)35,18-9-5-3-6-10-18)19-11-7-4-8-12-19/h13-19,33-34H,3-12H2,1-2H3,(H2,32,35). The summed E-state index contributed by atoms with van der Waals surface area (Å²) < 4.78 is 11.5. The number of benzene rings is 2. The number of ether oxygens (including phenoxy) is 2. The molecule has 2 aliphatic carbocycles. The molecule has 1 amide bonds. The minimum atomic E-state index is -1.06. The molecule has 3 aliphatic rings. The largest absolute Gasteiger partial charge is 0.497 e. The fourth-order valence-electron chi connectivity index (χ4n) is 7.51. The normalized spacial score (nSPS) is 20.0.